The van der Waals surface area contributed by atoms with Crippen molar-refractivity contribution in [3.63, 3.8) is 0 Å². The van der Waals surface area contributed by atoms with Crippen LogP contribution < -0.4 is 16.0 Å². The van der Waals surface area contributed by atoms with Crippen LogP contribution in [0.5, 0.6) is 0 Å². The number of hydrogen-bond acceptors (Lipinski definition) is 5. The van der Waals surface area contributed by atoms with Crippen molar-refractivity contribution in [2.24, 2.45) is 0 Å². The summed E-state index contributed by atoms with van der Waals surface area (Å²) in [6.45, 7) is 8.97. The highest BCUT2D eigenvalue weighted by Gasteiger charge is 2.07. The van der Waals surface area contributed by atoms with Gasteiger partial charge in [0.15, 0.2) is 0 Å². The Morgan fingerprint density at radius 1 is 0.828 bits per heavy atom. The number of benzene rings is 2. The minimum atomic E-state index is -0.0783. The van der Waals surface area contributed by atoms with Crippen LogP contribution in [0.1, 0.15) is 32.7 Å². The Bertz CT molecular complexity index is 978. The van der Waals surface area contributed by atoms with Gasteiger partial charge in [-0.25, -0.2) is 4.98 Å². The molecule has 2 aromatic carbocycles. The molecule has 3 N–H and O–H groups in total. The zero-order valence-corrected chi connectivity index (χ0v) is 17.3. The molecule has 0 radical (unpaired) electrons. The Balaban J connectivity index is 1.54. The third kappa shape index (κ3) is 6.04. The summed E-state index contributed by atoms with van der Waals surface area (Å²) in [7, 11) is 0. The van der Waals surface area contributed by atoms with Crippen molar-refractivity contribution in [2.75, 3.05) is 23.7 Å². The van der Waals surface area contributed by atoms with Gasteiger partial charge in [-0.2, -0.15) is 4.98 Å². The monoisotopic (exact) mass is 389 g/mol. The fourth-order valence-electron chi connectivity index (χ4n) is 3.05. The molecule has 0 atom stereocenters. The molecule has 0 aliphatic rings. The summed E-state index contributed by atoms with van der Waals surface area (Å²) in [5.41, 5.74) is 5.88. The maximum atomic E-state index is 12.3. The van der Waals surface area contributed by atoms with Gasteiger partial charge in [-0.3, -0.25) is 4.79 Å². The molecule has 1 heterocycles. The van der Waals surface area contributed by atoms with Crippen LogP contribution in [0, 0.1) is 27.7 Å². The maximum absolute atomic E-state index is 12.3. The van der Waals surface area contributed by atoms with Crippen molar-refractivity contribution in [2.45, 2.75) is 27.7 Å². The zero-order chi connectivity index (χ0) is 20.8. The molecule has 150 valence electrons. The van der Waals surface area contributed by atoms with E-state index in [2.05, 4.69) is 38.9 Å². The molecule has 0 bridgehead atoms. The molecule has 3 aromatic rings. The van der Waals surface area contributed by atoms with Crippen molar-refractivity contribution in [1.82, 2.24) is 15.3 Å². The smallest absolute Gasteiger partial charge is 0.251 e. The van der Waals surface area contributed by atoms with E-state index in [-0.39, 0.29) is 5.91 Å². The highest BCUT2D eigenvalue weighted by molar-refractivity contribution is 5.94. The first-order chi connectivity index (χ1) is 13.9. The lowest BCUT2D eigenvalue weighted by Gasteiger charge is -2.11. The van der Waals surface area contributed by atoms with E-state index in [0.717, 1.165) is 28.3 Å². The van der Waals surface area contributed by atoms with Crippen LogP contribution in [0.3, 0.4) is 0 Å². The molecule has 1 amide bonds. The molecule has 1 aromatic heterocycles. The van der Waals surface area contributed by atoms with E-state index in [4.69, 9.17) is 0 Å². The van der Waals surface area contributed by atoms with Gasteiger partial charge in [0.25, 0.3) is 5.91 Å². The molecular weight excluding hydrogens is 362 g/mol. The number of nitrogens with one attached hydrogen (secondary N) is 3. The molecule has 6 heteroatoms. The van der Waals surface area contributed by atoms with Crippen LogP contribution in [-0.2, 0) is 0 Å². The minimum absolute atomic E-state index is 0.0783. The average Bonchev–Trinajstić information content (AvgIpc) is 2.66. The van der Waals surface area contributed by atoms with E-state index < -0.39 is 0 Å². The molecule has 0 aliphatic heterocycles. The van der Waals surface area contributed by atoms with Gasteiger partial charge in [-0.1, -0.05) is 34.9 Å². The van der Waals surface area contributed by atoms with Crippen molar-refractivity contribution < 1.29 is 4.79 Å². The SMILES string of the molecule is Cc1ccc(Nc2cc(C)nc(NCCNC(=O)c3cc(C)cc(C)c3)n2)cc1. The lowest BCUT2D eigenvalue weighted by Crippen LogP contribution is -2.29. The highest BCUT2D eigenvalue weighted by Crippen LogP contribution is 2.17. The Morgan fingerprint density at radius 2 is 1.52 bits per heavy atom. The summed E-state index contributed by atoms with van der Waals surface area (Å²) in [6, 6.07) is 15.9. The summed E-state index contributed by atoms with van der Waals surface area (Å²) in [4.78, 5) is 21.2. The topological polar surface area (TPSA) is 78.9 Å². The Morgan fingerprint density at radius 3 is 2.21 bits per heavy atom. The van der Waals surface area contributed by atoms with E-state index in [1.807, 2.05) is 63.2 Å². The largest absolute Gasteiger partial charge is 0.352 e. The minimum Gasteiger partial charge on any atom is -0.352 e. The van der Waals surface area contributed by atoms with Gasteiger partial charge in [0.1, 0.15) is 5.82 Å². The van der Waals surface area contributed by atoms with E-state index in [0.29, 0.717) is 24.6 Å². The van der Waals surface area contributed by atoms with E-state index in [1.165, 1.54) is 5.56 Å². The number of carbonyl (C=O) groups excluding carboxylic acids is 1. The first-order valence-electron chi connectivity index (χ1n) is 9.69. The lowest BCUT2D eigenvalue weighted by molar-refractivity contribution is 0.0955. The van der Waals surface area contributed by atoms with Gasteiger partial charge in [-0.05, 0) is 52.0 Å². The fraction of sp³-hybridized carbons (Fsp3) is 0.261. The molecule has 0 unspecified atom stereocenters. The molecule has 0 fully saturated rings. The van der Waals surface area contributed by atoms with Crippen LogP contribution in [0.15, 0.2) is 48.5 Å². The van der Waals surface area contributed by atoms with Crippen molar-refractivity contribution >= 4 is 23.4 Å². The van der Waals surface area contributed by atoms with Gasteiger partial charge in [0.2, 0.25) is 5.95 Å². The first-order valence-corrected chi connectivity index (χ1v) is 9.69. The number of nitrogens with zero attached hydrogens (tertiary/aromatic N) is 2. The average molecular weight is 390 g/mol. The number of amides is 1. The van der Waals surface area contributed by atoms with E-state index in [1.54, 1.807) is 0 Å². The Hall–Kier alpha value is -3.41. The number of anilines is 3. The van der Waals surface area contributed by atoms with Crippen molar-refractivity contribution in [1.29, 1.82) is 0 Å². The van der Waals surface area contributed by atoms with Crippen molar-refractivity contribution in [3.05, 3.63) is 76.5 Å². The first kappa shape index (κ1) is 20.3. The number of aryl methyl sites for hydroxylation is 4. The van der Waals surface area contributed by atoms with Gasteiger partial charge >= 0.3 is 0 Å². The van der Waals surface area contributed by atoms with Crippen molar-refractivity contribution in [3.8, 4) is 0 Å². The predicted octanol–water partition coefficient (Wildman–Crippen LogP) is 4.30. The number of aromatic nitrogens is 2. The van der Waals surface area contributed by atoms with Crippen LogP contribution in [0.2, 0.25) is 0 Å². The third-order valence-corrected chi connectivity index (χ3v) is 4.36. The second-order valence-electron chi connectivity index (χ2n) is 7.27. The van der Waals surface area contributed by atoms with Gasteiger partial charge in [-0.15, -0.1) is 0 Å². The molecule has 0 saturated heterocycles. The lowest BCUT2D eigenvalue weighted by atomic mass is 10.1. The summed E-state index contributed by atoms with van der Waals surface area (Å²) >= 11 is 0. The second kappa shape index (κ2) is 9.19. The number of rotatable bonds is 7. The van der Waals surface area contributed by atoms with Gasteiger partial charge < -0.3 is 16.0 Å². The molecule has 0 saturated carbocycles. The molecule has 29 heavy (non-hydrogen) atoms. The molecule has 6 nitrogen and oxygen atoms in total. The fourth-order valence-corrected chi connectivity index (χ4v) is 3.05. The summed E-state index contributed by atoms with van der Waals surface area (Å²) in [6.07, 6.45) is 0. The zero-order valence-electron chi connectivity index (χ0n) is 17.3. The summed E-state index contributed by atoms with van der Waals surface area (Å²) in [5, 5.41) is 9.39. The summed E-state index contributed by atoms with van der Waals surface area (Å²) < 4.78 is 0. The summed E-state index contributed by atoms with van der Waals surface area (Å²) in [5.74, 6) is 1.17. The van der Waals surface area contributed by atoms with Crippen LogP contribution in [0.4, 0.5) is 17.5 Å². The van der Waals surface area contributed by atoms with E-state index >= 15 is 0 Å². The van der Waals surface area contributed by atoms with Gasteiger partial charge in [0, 0.05) is 36.1 Å². The molecule has 0 spiro atoms. The van der Waals surface area contributed by atoms with Crippen LogP contribution >= 0.6 is 0 Å². The molecule has 0 aliphatic carbocycles. The maximum Gasteiger partial charge on any atom is 0.251 e. The van der Waals surface area contributed by atoms with Crippen LogP contribution in [0.25, 0.3) is 0 Å². The quantitative estimate of drug-likeness (QED) is 0.525. The molecule has 3 rings (SSSR count). The van der Waals surface area contributed by atoms with E-state index in [9.17, 15) is 4.79 Å². The Kier molecular flexibility index (Phi) is 6.44. The predicted molar refractivity (Wildman–Crippen MR) is 118 cm³/mol. The second-order valence-corrected chi connectivity index (χ2v) is 7.27. The molecular formula is C23H27N5O. The highest BCUT2D eigenvalue weighted by atomic mass is 16.1. The normalized spacial score (nSPS) is 10.5. The van der Waals surface area contributed by atoms with Gasteiger partial charge in [0.05, 0.1) is 0 Å². The number of hydrogen-bond donors (Lipinski definition) is 3. The van der Waals surface area contributed by atoms with Crippen LogP contribution in [-0.4, -0.2) is 29.0 Å². The number of carbonyl (C=O) groups is 1. The third-order valence-electron chi connectivity index (χ3n) is 4.36. The standard InChI is InChI=1S/C23H27N5O/c1-15-5-7-20(8-6-15)27-21-14-18(4)26-23(28-21)25-10-9-24-22(29)19-12-16(2)11-17(3)13-19/h5-8,11-14H,9-10H2,1-4H3,(H,24,29)(H2,25,26,27,28). The Labute approximate surface area is 171 Å².